The van der Waals surface area contributed by atoms with E-state index < -0.39 is 0 Å². The molecule has 100 valence electrons. The molecule has 1 saturated heterocycles. The summed E-state index contributed by atoms with van der Waals surface area (Å²) in [5.74, 6) is 0. The van der Waals surface area contributed by atoms with Crippen molar-refractivity contribution in [3.8, 4) is 0 Å². The van der Waals surface area contributed by atoms with Gasteiger partial charge in [0.15, 0.2) is 0 Å². The van der Waals surface area contributed by atoms with Crippen LogP contribution >= 0.6 is 31.9 Å². The van der Waals surface area contributed by atoms with Crippen LogP contribution in [0.5, 0.6) is 0 Å². The topological polar surface area (TPSA) is 21.3 Å². The highest BCUT2D eigenvalue weighted by molar-refractivity contribution is 9.11. The fourth-order valence-electron chi connectivity index (χ4n) is 2.36. The quantitative estimate of drug-likeness (QED) is 0.820. The van der Waals surface area contributed by atoms with E-state index in [1.807, 2.05) is 0 Å². The monoisotopic (exact) mass is 375 g/mol. The minimum absolute atomic E-state index is 0.277. The normalized spacial score (nSPS) is 21.2. The molecule has 1 aliphatic rings. The first-order valence-corrected chi connectivity index (χ1v) is 8.11. The van der Waals surface area contributed by atoms with E-state index in [0.29, 0.717) is 6.10 Å². The first-order chi connectivity index (χ1) is 8.72. The summed E-state index contributed by atoms with van der Waals surface area (Å²) in [6.07, 6.45) is 3.73. The van der Waals surface area contributed by atoms with Crippen LogP contribution in [0.1, 0.15) is 37.8 Å². The SMILES string of the molecule is CCCNC(c1cc(Br)ccc1Br)C1CCCO1. The zero-order valence-corrected chi connectivity index (χ0v) is 13.8. The molecule has 2 rings (SSSR count). The molecule has 0 aliphatic carbocycles. The van der Waals surface area contributed by atoms with Crippen molar-refractivity contribution in [2.24, 2.45) is 0 Å². The third-order valence-corrected chi connectivity index (χ3v) is 4.46. The maximum Gasteiger partial charge on any atom is 0.0771 e. The molecule has 2 nitrogen and oxygen atoms in total. The van der Waals surface area contributed by atoms with Gasteiger partial charge in [0.1, 0.15) is 0 Å². The largest absolute Gasteiger partial charge is 0.376 e. The minimum atomic E-state index is 0.277. The van der Waals surface area contributed by atoms with E-state index in [1.165, 1.54) is 12.0 Å². The van der Waals surface area contributed by atoms with Gasteiger partial charge in [-0.1, -0.05) is 38.8 Å². The van der Waals surface area contributed by atoms with Crippen LogP contribution in [0.25, 0.3) is 0 Å². The molecule has 0 bridgehead atoms. The molecule has 0 radical (unpaired) electrons. The average Bonchev–Trinajstić information content (AvgIpc) is 2.88. The Morgan fingerprint density at radius 3 is 2.94 bits per heavy atom. The van der Waals surface area contributed by atoms with Gasteiger partial charge >= 0.3 is 0 Å². The van der Waals surface area contributed by atoms with Crippen LogP contribution in [0.4, 0.5) is 0 Å². The standard InChI is InChI=1S/C14H19Br2NO/c1-2-7-17-14(13-4-3-8-18-13)11-9-10(15)5-6-12(11)16/h5-6,9,13-14,17H,2-4,7-8H2,1H3. The van der Waals surface area contributed by atoms with E-state index in [2.05, 4.69) is 62.3 Å². The van der Waals surface area contributed by atoms with Gasteiger partial charge in [-0.2, -0.15) is 0 Å². The fourth-order valence-corrected chi connectivity index (χ4v) is 3.23. The van der Waals surface area contributed by atoms with E-state index >= 15 is 0 Å². The number of nitrogens with one attached hydrogen (secondary N) is 1. The molecule has 0 amide bonds. The van der Waals surface area contributed by atoms with Crippen LogP contribution in [0.3, 0.4) is 0 Å². The Kier molecular flexibility index (Phi) is 5.67. The van der Waals surface area contributed by atoms with Crippen molar-refractivity contribution >= 4 is 31.9 Å². The van der Waals surface area contributed by atoms with Gasteiger partial charge in [-0.25, -0.2) is 0 Å². The Balaban J connectivity index is 2.23. The summed E-state index contributed by atoms with van der Waals surface area (Å²) in [4.78, 5) is 0. The van der Waals surface area contributed by atoms with Crippen LogP contribution in [0.15, 0.2) is 27.1 Å². The van der Waals surface area contributed by atoms with E-state index in [9.17, 15) is 0 Å². The van der Waals surface area contributed by atoms with Gasteiger partial charge in [0, 0.05) is 15.6 Å². The van der Waals surface area contributed by atoms with Gasteiger partial charge in [-0.3, -0.25) is 0 Å². The molecule has 18 heavy (non-hydrogen) atoms. The molecule has 1 heterocycles. The highest BCUT2D eigenvalue weighted by Gasteiger charge is 2.28. The van der Waals surface area contributed by atoms with Gasteiger partial charge < -0.3 is 10.1 Å². The number of ether oxygens (including phenoxy) is 1. The molecule has 1 aromatic carbocycles. The van der Waals surface area contributed by atoms with Crippen molar-refractivity contribution in [3.05, 3.63) is 32.7 Å². The Morgan fingerprint density at radius 2 is 2.28 bits per heavy atom. The smallest absolute Gasteiger partial charge is 0.0771 e. The minimum Gasteiger partial charge on any atom is -0.376 e. The molecule has 1 aromatic rings. The predicted octanol–water partition coefficient (Wildman–Crippen LogP) is 4.43. The van der Waals surface area contributed by atoms with Crippen LogP contribution in [-0.2, 0) is 4.74 Å². The third-order valence-electron chi connectivity index (χ3n) is 3.24. The van der Waals surface area contributed by atoms with Gasteiger partial charge in [0.25, 0.3) is 0 Å². The van der Waals surface area contributed by atoms with Crippen LogP contribution in [0.2, 0.25) is 0 Å². The molecule has 1 fully saturated rings. The van der Waals surface area contributed by atoms with Gasteiger partial charge in [0.2, 0.25) is 0 Å². The van der Waals surface area contributed by atoms with Gasteiger partial charge in [0.05, 0.1) is 12.1 Å². The lowest BCUT2D eigenvalue weighted by Crippen LogP contribution is -2.32. The van der Waals surface area contributed by atoms with Crippen molar-refractivity contribution in [1.82, 2.24) is 5.32 Å². The maximum atomic E-state index is 5.86. The van der Waals surface area contributed by atoms with E-state index in [1.54, 1.807) is 0 Å². The molecule has 2 unspecified atom stereocenters. The first-order valence-electron chi connectivity index (χ1n) is 6.52. The summed E-state index contributed by atoms with van der Waals surface area (Å²) in [5.41, 5.74) is 1.28. The Labute approximate surface area is 126 Å². The Morgan fingerprint density at radius 1 is 1.44 bits per heavy atom. The van der Waals surface area contributed by atoms with Gasteiger partial charge in [-0.05, 0) is 49.6 Å². The number of benzene rings is 1. The van der Waals surface area contributed by atoms with E-state index in [4.69, 9.17) is 4.74 Å². The molecule has 4 heteroatoms. The van der Waals surface area contributed by atoms with Crippen LogP contribution < -0.4 is 5.32 Å². The molecule has 2 atom stereocenters. The molecular formula is C14H19Br2NO. The van der Waals surface area contributed by atoms with E-state index in [0.717, 1.165) is 34.9 Å². The van der Waals surface area contributed by atoms with Crippen molar-refractivity contribution in [2.75, 3.05) is 13.2 Å². The lowest BCUT2D eigenvalue weighted by atomic mass is 9.99. The molecule has 1 aliphatic heterocycles. The zero-order valence-electron chi connectivity index (χ0n) is 10.6. The second kappa shape index (κ2) is 7.04. The molecular weight excluding hydrogens is 358 g/mol. The summed E-state index contributed by atoms with van der Waals surface area (Å²) >= 11 is 7.21. The summed E-state index contributed by atoms with van der Waals surface area (Å²) < 4.78 is 8.12. The van der Waals surface area contributed by atoms with Crippen molar-refractivity contribution in [3.63, 3.8) is 0 Å². The van der Waals surface area contributed by atoms with Crippen molar-refractivity contribution in [1.29, 1.82) is 0 Å². The number of hydrogen-bond donors (Lipinski definition) is 1. The second-order valence-electron chi connectivity index (χ2n) is 4.65. The number of rotatable bonds is 5. The second-order valence-corrected chi connectivity index (χ2v) is 6.42. The van der Waals surface area contributed by atoms with Crippen LogP contribution in [0, 0.1) is 0 Å². The molecule has 1 N–H and O–H groups in total. The first kappa shape index (κ1) is 14.5. The summed E-state index contributed by atoms with van der Waals surface area (Å²) in [5, 5.41) is 3.62. The Hall–Kier alpha value is 0.1000. The summed E-state index contributed by atoms with van der Waals surface area (Å²) in [6, 6.07) is 6.60. The van der Waals surface area contributed by atoms with Gasteiger partial charge in [-0.15, -0.1) is 0 Å². The number of hydrogen-bond acceptors (Lipinski definition) is 2. The van der Waals surface area contributed by atoms with Crippen molar-refractivity contribution < 1.29 is 4.74 Å². The summed E-state index contributed by atoms with van der Waals surface area (Å²) in [6.45, 7) is 4.10. The highest BCUT2D eigenvalue weighted by Crippen LogP contribution is 2.33. The lowest BCUT2D eigenvalue weighted by molar-refractivity contribution is 0.0781. The summed E-state index contributed by atoms with van der Waals surface area (Å²) in [7, 11) is 0. The van der Waals surface area contributed by atoms with Crippen molar-refractivity contribution in [2.45, 2.75) is 38.3 Å². The predicted molar refractivity (Wildman–Crippen MR) is 81.9 cm³/mol. The molecule has 0 spiro atoms. The zero-order chi connectivity index (χ0) is 13.0. The average molecular weight is 377 g/mol. The lowest BCUT2D eigenvalue weighted by Gasteiger charge is -2.26. The fraction of sp³-hybridized carbons (Fsp3) is 0.571. The highest BCUT2D eigenvalue weighted by atomic mass is 79.9. The maximum absolute atomic E-state index is 5.86. The third kappa shape index (κ3) is 3.56. The molecule has 0 saturated carbocycles. The van der Waals surface area contributed by atoms with Crippen LogP contribution in [-0.4, -0.2) is 19.3 Å². The Bertz CT molecular complexity index is 391. The van der Waals surface area contributed by atoms with E-state index in [-0.39, 0.29) is 6.04 Å². The molecule has 0 aromatic heterocycles. The number of halogens is 2.